The van der Waals surface area contributed by atoms with Crippen molar-refractivity contribution in [2.75, 3.05) is 0 Å². The van der Waals surface area contributed by atoms with Crippen LogP contribution in [0.1, 0.15) is 6.92 Å². The Morgan fingerprint density at radius 3 is 1.88 bits per heavy atom. The van der Waals surface area contributed by atoms with Crippen molar-refractivity contribution in [3.8, 4) is 0 Å². The van der Waals surface area contributed by atoms with E-state index < -0.39 is 33.5 Å². The van der Waals surface area contributed by atoms with Crippen molar-refractivity contribution in [2.45, 2.75) is 24.4 Å². The summed E-state index contributed by atoms with van der Waals surface area (Å²) in [6.07, 6.45) is -5.55. The highest BCUT2D eigenvalue weighted by atomic mass is 32.2. The fourth-order valence-electron chi connectivity index (χ4n) is 0.552. The van der Waals surface area contributed by atoms with Crippen molar-refractivity contribution >= 4 is 16.0 Å². The van der Waals surface area contributed by atoms with E-state index >= 15 is 0 Å². The molecule has 16 heavy (non-hydrogen) atoms. The summed E-state index contributed by atoms with van der Waals surface area (Å²) >= 11 is 0. The molecule has 0 aliphatic rings. The highest BCUT2D eigenvalue weighted by Gasteiger charge is 2.60. The molecule has 96 valence electrons. The van der Waals surface area contributed by atoms with Crippen LogP contribution in [0.2, 0.25) is 0 Å². The summed E-state index contributed by atoms with van der Waals surface area (Å²) in [6.45, 7) is -0.0741. The Kier molecular flexibility index (Phi) is 3.88. The minimum atomic E-state index is -5.67. The maximum absolute atomic E-state index is 12.2. The number of nitrogens with one attached hydrogen (secondary N) is 1. The van der Waals surface area contributed by atoms with Gasteiger partial charge in [0.2, 0.25) is 5.54 Å². The van der Waals surface area contributed by atoms with Gasteiger partial charge in [0, 0.05) is 0 Å². The average Bonchev–Trinajstić information content (AvgIpc) is 2.00. The molecule has 1 atom stereocenters. The van der Waals surface area contributed by atoms with Gasteiger partial charge in [0.25, 0.3) is 10.0 Å². The van der Waals surface area contributed by atoms with Crippen LogP contribution in [0.4, 0.5) is 22.0 Å². The lowest BCUT2D eigenvalue weighted by atomic mass is 10.0. The minimum Gasteiger partial charge on any atom is -0.480 e. The van der Waals surface area contributed by atoms with Crippen LogP contribution in [0.15, 0.2) is 0 Å². The van der Waals surface area contributed by atoms with Crippen molar-refractivity contribution in [3.05, 3.63) is 0 Å². The van der Waals surface area contributed by atoms with E-state index in [0.29, 0.717) is 4.72 Å². The van der Waals surface area contributed by atoms with Gasteiger partial charge in [-0.1, -0.05) is 0 Å². The molecular formula is C5H6F5NO4S. The first-order valence-corrected chi connectivity index (χ1v) is 5.00. The third-order valence-electron chi connectivity index (χ3n) is 1.58. The van der Waals surface area contributed by atoms with Crippen molar-refractivity contribution < 1.29 is 40.3 Å². The van der Waals surface area contributed by atoms with Gasteiger partial charge in [0.1, 0.15) is 0 Å². The summed E-state index contributed by atoms with van der Waals surface area (Å²) in [7, 11) is -5.67. The number of sulfonamides is 1. The highest BCUT2D eigenvalue weighted by molar-refractivity contribution is 7.89. The summed E-state index contributed by atoms with van der Waals surface area (Å²) in [6, 6.07) is 0. The Morgan fingerprint density at radius 1 is 1.31 bits per heavy atom. The molecule has 0 aromatic rings. The Hall–Kier alpha value is -0.970. The summed E-state index contributed by atoms with van der Waals surface area (Å²) in [5.74, 6) is -6.79. The second kappa shape index (κ2) is 4.13. The quantitative estimate of drug-likeness (QED) is 0.731. The van der Waals surface area contributed by atoms with Crippen LogP contribution >= 0.6 is 0 Å². The number of carboxylic acid groups (broad SMARTS) is 1. The molecule has 0 heterocycles. The topological polar surface area (TPSA) is 83.5 Å². The van der Waals surface area contributed by atoms with E-state index in [0.717, 1.165) is 0 Å². The van der Waals surface area contributed by atoms with Gasteiger partial charge < -0.3 is 5.11 Å². The van der Waals surface area contributed by atoms with Crippen molar-refractivity contribution in [2.24, 2.45) is 0 Å². The zero-order chi connectivity index (χ0) is 13.4. The Bertz CT molecular complexity index is 377. The number of carboxylic acids is 1. The highest BCUT2D eigenvalue weighted by Crippen LogP contribution is 2.31. The van der Waals surface area contributed by atoms with Gasteiger partial charge >= 0.3 is 17.9 Å². The zero-order valence-corrected chi connectivity index (χ0v) is 8.36. The number of alkyl halides is 5. The van der Waals surface area contributed by atoms with Gasteiger partial charge in [-0.25, -0.2) is 13.2 Å². The van der Waals surface area contributed by atoms with E-state index in [1.807, 2.05) is 0 Å². The molecule has 0 amide bonds. The summed E-state index contributed by atoms with van der Waals surface area (Å²) in [5, 5.41) is 8.22. The third kappa shape index (κ3) is 2.78. The predicted octanol–water partition coefficient (Wildman–Crippen LogP) is 0.534. The molecule has 5 nitrogen and oxygen atoms in total. The SMILES string of the molecule is CC(NS(=O)(=O)C(F)F)(C(=O)O)C(F)(F)F. The van der Waals surface area contributed by atoms with Gasteiger partial charge in [-0.15, -0.1) is 0 Å². The van der Waals surface area contributed by atoms with Crippen molar-refractivity contribution in [3.63, 3.8) is 0 Å². The number of hydrogen-bond donors (Lipinski definition) is 2. The number of hydrogen-bond acceptors (Lipinski definition) is 3. The maximum Gasteiger partial charge on any atom is 0.418 e. The van der Waals surface area contributed by atoms with E-state index in [2.05, 4.69) is 0 Å². The van der Waals surface area contributed by atoms with Crippen LogP contribution in [-0.4, -0.2) is 37.0 Å². The lowest BCUT2D eigenvalue weighted by Crippen LogP contribution is -2.62. The normalized spacial score (nSPS) is 17.2. The molecule has 0 aliphatic carbocycles. The number of carbonyl (C=O) groups is 1. The monoisotopic (exact) mass is 271 g/mol. The Balaban J connectivity index is 5.39. The van der Waals surface area contributed by atoms with Gasteiger partial charge in [0.15, 0.2) is 0 Å². The van der Waals surface area contributed by atoms with E-state index in [1.54, 1.807) is 0 Å². The number of halogens is 5. The molecule has 0 saturated carbocycles. The molecular weight excluding hydrogens is 265 g/mol. The maximum atomic E-state index is 12.2. The smallest absolute Gasteiger partial charge is 0.418 e. The van der Waals surface area contributed by atoms with E-state index in [4.69, 9.17) is 5.11 Å². The lowest BCUT2D eigenvalue weighted by molar-refractivity contribution is -0.201. The van der Waals surface area contributed by atoms with Crippen LogP contribution < -0.4 is 4.72 Å². The Labute approximate surface area is 86.3 Å². The molecule has 0 aliphatic heterocycles. The van der Waals surface area contributed by atoms with E-state index in [-0.39, 0.29) is 6.92 Å². The zero-order valence-electron chi connectivity index (χ0n) is 7.55. The first-order chi connectivity index (χ1) is 6.84. The first kappa shape index (κ1) is 15.0. The summed E-state index contributed by atoms with van der Waals surface area (Å²) in [4.78, 5) is 10.3. The van der Waals surface area contributed by atoms with Crippen molar-refractivity contribution in [1.29, 1.82) is 0 Å². The average molecular weight is 271 g/mol. The molecule has 0 aromatic heterocycles. The summed E-state index contributed by atoms with van der Waals surface area (Å²) < 4.78 is 81.5. The first-order valence-electron chi connectivity index (χ1n) is 3.45. The molecule has 0 fully saturated rings. The molecule has 1 unspecified atom stereocenters. The molecule has 0 radical (unpaired) electrons. The Morgan fingerprint density at radius 2 is 1.69 bits per heavy atom. The van der Waals surface area contributed by atoms with Gasteiger partial charge in [-0.3, -0.25) is 0 Å². The molecule has 0 aromatic carbocycles. The van der Waals surface area contributed by atoms with E-state index in [9.17, 15) is 35.2 Å². The molecule has 0 bridgehead atoms. The van der Waals surface area contributed by atoms with Crippen LogP contribution in [0, 0.1) is 0 Å². The second-order valence-corrected chi connectivity index (χ2v) is 4.49. The minimum absolute atomic E-state index is 0.0741. The lowest BCUT2D eigenvalue weighted by Gasteiger charge is -2.27. The second-order valence-electron chi connectivity index (χ2n) is 2.84. The van der Waals surface area contributed by atoms with Crippen LogP contribution in [-0.2, 0) is 14.8 Å². The molecule has 2 N–H and O–H groups in total. The van der Waals surface area contributed by atoms with Crippen LogP contribution in [0.25, 0.3) is 0 Å². The summed E-state index contributed by atoms with van der Waals surface area (Å²) in [5.41, 5.74) is -4.00. The molecule has 0 rings (SSSR count). The van der Waals surface area contributed by atoms with Gasteiger partial charge in [0.05, 0.1) is 0 Å². The van der Waals surface area contributed by atoms with Crippen LogP contribution in [0.3, 0.4) is 0 Å². The molecule has 0 spiro atoms. The van der Waals surface area contributed by atoms with Gasteiger partial charge in [-0.2, -0.15) is 26.7 Å². The van der Waals surface area contributed by atoms with Crippen molar-refractivity contribution in [1.82, 2.24) is 4.72 Å². The fourth-order valence-corrected chi connectivity index (χ4v) is 1.41. The molecule has 11 heteroatoms. The van der Waals surface area contributed by atoms with E-state index in [1.165, 1.54) is 0 Å². The standard InChI is InChI=1S/C5H6F5NO4S/c1-4(2(12)13,5(8,9)10)11-16(14,15)3(6)7/h3,11H,1H3,(H,12,13). The fraction of sp³-hybridized carbons (Fsp3) is 0.800. The third-order valence-corrected chi connectivity index (χ3v) is 2.74. The van der Waals surface area contributed by atoms with Gasteiger partial charge in [-0.05, 0) is 6.92 Å². The number of rotatable bonds is 4. The number of aliphatic carboxylic acids is 1. The molecule has 0 saturated heterocycles. The van der Waals surface area contributed by atoms with Crippen LogP contribution in [0.5, 0.6) is 0 Å². The largest absolute Gasteiger partial charge is 0.480 e. The predicted molar refractivity (Wildman–Crippen MR) is 40.2 cm³/mol.